The molecule has 0 amide bonds. The summed E-state index contributed by atoms with van der Waals surface area (Å²) < 4.78 is 5.91. The monoisotopic (exact) mass is 242 g/mol. The molecule has 0 unspecified atom stereocenters. The van der Waals surface area contributed by atoms with Gasteiger partial charge in [0.25, 0.3) is 0 Å². The minimum absolute atomic E-state index is 0.477. The molecule has 3 rings (SSSR count). The number of hydrogen-bond acceptors (Lipinski definition) is 3. The van der Waals surface area contributed by atoms with Crippen molar-refractivity contribution >= 4 is 0 Å². The molecule has 0 spiro atoms. The van der Waals surface area contributed by atoms with E-state index in [2.05, 4.69) is 41.5 Å². The molecule has 3 heteroatoms. The van der Waals surface area contributed by atoms with Gasteiger partial charge in [0, 0.05) is 11.5 Å². The van der Waals surface area contributed by atoms with Crippen LogP contribution >= 0.6 is 0 Å². The molecule has 2 aromatic rings. The van der Waals surface area contributed by atoms with Crippen LogP contribution in [0.1, 0.15) is 30.2 Å². The molecule has 1 saturated heterocycles. The molecular weight excluding hydrogens is 224 g/mol. The van der Waals surface area contributed by atoms with Gasteiger partial charge < -0.3 is 9.73 Å². The van der Waals surface area contributed by atoms with Crippen LogP contribution in [-0.4, -0.2) is 18.1 Å². The van der Waals surface area contributed by atoms with E-state index in [0.717, 1.165) is 43.1 Å². The maximum Gasteiger partial charge on any atom is 0.198 e. The van der Waals surface area contributed by atoms with Gasteiger partial charge in [0.05, 0.1) is 6.20 Å². The summed E-state index contributed by atoms with van der Waals surface area (Å²) >= 11 is 0. The van der Waals surface area contributed by atoms with Crippen LogP contribution in [0.3, 0.4) is 0 Å². The van der Waals surface area contributed by atoms with E-state index >= 15 is 0 Å². The predicted octanol–water partition coefficient (Wildman–Crippen LogP) is 3.12. The topological polar surface area (TPSA) is 38.1 Å². The summed E-state index contributed by atoms with van der Waals surface area (Å²) in [6.07, 6.45) is 4.09. The average molecular weight is 242 g/mol. The first kappa shape index (κ1) is 11.5. The van der Waals surface area contributed by atoms with E-state index in [1.807, 2.05) is 6.20 Å². The third-order valence-electron chi connectivity index (χ3n) is 3.55. The van der Waals surface area contributed by atoms with Gasteiger partial charge in [0.15, 0.2) is 11.7 Å². The van der Waals surface area contributed by atoms with E-state index in [1.165, 1.54) is 5.56 Å². The van der Waals surface area contributed by atoms with Gasteiger partial charge >= 0.3 is 0 Å². The normalized spacial score (nSPS) is 16.9. The molecule has 1 aromatic carbocycles. The van der Waals surface area contributed by atoms with Crippen LogP contribution in [-0.2, 0) is 0 Å². The molecule has 1 aliphatic heterocycles. The van der Waals surface area contributed by atoms with Crippen molar-refractivity contribution < 1.29 is 4.42 Å². The Hall–Kier alpha value is -1.61. The fourth-order valence-electron chi connectivity index (χ4n) is 2.40. The minimum atomic E-state index is 0.477. The van der Waals surface area contributed by atoms with Gasteiger partial charge in [-0.05, 0) is 32.9 Å². The summed E-state index contributed by atoms with van der Waals surface area (Å²) in [6, 6.07) is 8.37. The Morgan fingerprint density at radius 2 is 1.89 bits per heavy atom. The molecule has 1 aromatic heterocycles. The molecule has 0 atom stereocenters. The zero-order chi connectivity index (χ0) is 12.4. The Kier molecular flexibility index (Phi) is 3.15. The Labute approximate surface area is 107 Å². The molecule has 1 N–H and O–H groups in total. The van der Waals surface area contributed by atoms with Crippen molar-refractivity contribution in [3.05, 3.63) is 41.9 Å². The quantitative estimate of drug-likeness (QED) is 0.879. The lowest BCUT2D eigenvalue weighted by Gasteiger charge is -2.19. The van der Waals surface area contributed by atoms with E-state index in [4.69, 9.17) is 4.42 Å². The Morgan fingerprint density at radius 1 is 1.17 bits per heavy atom. The Morgan fingerprint density at radius 3 is 2.61 bits per heavy atom. The molecule has 1 aliphatic rings. The van der Waals surface area contributed by atoms with Crippen molar-refractivity contribution in [2.24, 2.45) is 0 Å². The standard InChI is InChI=1S/C15H18N2O/c1-11-2-4-12(5-3-11)14-10-17-15(18-14)13-6-8-16-9-7-13/h2-5,10,13,16H,6-9H2,1H3. The van der Waals surface area contributed by atoms with Crippen molar-refractivity contribution in [1.29, 1.82) is 0 Å². The van der Waals surface area contributed by atoms with Crippen molar-refractivity contribution in [1.82, 2.24) is 10.3 Å². The van der Waals surface area contributed by atoms with Crippen LogP contribution in [0, 0.1) is 6.92 Å². The van der Waals surface area contributed by atoms with Crippen molar-refractivity contribution in [3.63, 3.8) is 0 Å². The minimum Gasteiger partial charge on any atom is -0.440 e. The average Bonchev–Trinajstić information content (AvgIpc) is 2.90. The number of rotatable bonds is 2. The second-order valence-electron chi connectivity index (χ2n) is 4.95. The molecule has 1 fully saturated rings. The van der Waals surface area contributed by atoms with Gasteiger partial charge in [-0.25, -0.2) is 4.98 Å². The fraction of sp³-hybridized carbons (Fsp3) is 0.400. The number of benzene rings is 1. The molecule has 0 aliphatic carbocycles. The summed E-state index contributed by atoms with van der Waals surface area (Å²) in [4.78, 5) is 4.44. The molecular formula is C15H18N2O. The lowest BCUT2D eigenvalue weighted by atomic mass is 9.98. The molecule has 0 bridgehead atoms. The maximum atomic E-state index is 5.91. The highest BCUT2D eigenvalue weighted by molar-refractivity contribution is 5.56. The smallest absolute Gasteiger partial charge is 0.198 e. The first-order chi connectivity index (χ1) is 8.83. The van der Waals surface area contributed by atoms with Crippen LogP contribution in [0.25, 0.3) is 11.3 Å². The van der Waals surface area contributed by atoms with E-state index in [1.54, 1.807) is 0 Å². The number of aryl methyl sites for hydroxylation is 1. The zero-order valence-electron chi connectivity index (χ0n) is 10.6. The highest BCUT2D eigenvalue weighted by Gasteiger charge is 2.20. The lowest BCUT2D eigenvalue weighted by Crippen LogP contribution is -2.26. The van der Waals surface area contributed by atoms with Gasteiger partial charge in [-0.3, -0.25) is 0 Å². The summed E-state index contributed by atoms with van der Waals surface area (Å²) in [5, 5.41) is 3.36. The fourth-order valence-corrected chi connectivity index (χ4v) is 2.40. The van der Waals surface area contributed by atoms with Crippen molar-refractivity contribution in [2.75, 3.05) is 13.1 Å². The number of oxazole rings is 1. The van der Waals surface area contributed by atoms with Gasteiger partial charge in [0.1, 0.15) is 0 Å². The first-order valence-corrected chi connectivity index (χ1v) is 6.56. The molecule has 18 heavy (non-hydrogen) atoms. The Bertz CT molecular complexity index is 510. The molecule has 3 nitrogen and oxygen atoms in total. The lowest BCUT2D eigenvalue weighted by molar-refractivity contribution is 0.378. The van der Waals surface area contributed by atoms with Crippen LogP contribution in [0.15, 0.2) is 34.9 Å². The largest absolute Gasteiger partial charge is 0.440 e. The maximum absolute atomic E-state index is 5.91. The van der Waals surface area contributed by atoms with Gasteiger partial charge in [-0.15, -0.1) is 0 Å². The van der Waals surface area contributed by atoms with Gasteiger partial charge in [-0.1, -0.05) is 29.8 Å². The van der Waals surface area contributed by atoms with Crippen molar-refractivity contribution in [3.8, 4) is 11.3 Å². The third kappa shape index (κ3) is 2.31. The number of aromatic nitrogens is 1. The molecule has 94 valence electrons. The number of hydrogen-bond donors (Lipinski definition) is 1. The molecule has 0 radical (unpaired) electrons. The number of piperidine rings is 1. The van der Waals surface area contributed by atoms with Crippen LogP contribution < -0.4 is 5.32 Å². The summed E-state index contributed by atoms with van der Waals surface area (Å²) in [5.41, 5.74) is 2.37. The highest BCUT2D eigenvalue weighted by atomic mass is 16.4. The third-order valence-corrected chi connectivity index (χ3v) is 3.55. The second-order valence-corrected chi connectivity index (χ2v) is 4.95. The molecule has 2 heterocycles. The number of nitrogens with zero attached hydrogens (tertiary/aromatic N) is 1. The number of nitrogens with one attached hydrogen (secondary N) is 1. The predicted molar refractivity (Wildman–Crippen MR) is 71.5 cm³/mol. The van der Waals surface area contributed by atoms with E-state index in [0.29, 0.717) is 5.92 Å². The SMILES string of the molecule is Cc1ccc(-c2cnc(C3CCNCC3)o2)cc1. The van der Waals surface area contributed by atoms with Crippen LogP contribution in [0.2, 0.25) is 0 Å². The molecule has 0 saturated carbocycles. The summed E-state index contributed by atoms with van der Waals surface area (Å²) in [6.45, 7) is 4.21. The summed E-state index contributed by atoms with van der Waals surface area (Å²) in [7, 11) is 0. The zero-order valence-corrected chi connectivity index (χ0v) is 10.6. The highest BCUT2D eigenvalue weighted by Crippen LogP contribution is 2.28. The van der Waals surface area contributed by atoms with E-state index in [-0.39, 0.29) is 0 Å². The van der Waals surface area contributed by atoms with Crippen LogP contribution in [0.5, 0.6) is 0 Å². The van der Waals surface area contributed by atoms with Crippen LogP contribution in [0.4, 0.5) is 0 Å². The van der Waals surface area contributed by atoms with E-state index < -0.39 is 0 Å². The Balaban J connectivity index is 1.82. The van der Waals surface area contributed by atoms with Crippen molar-refractivity contribution in [2.45, 2.75) is 25.7 Å². The van der Waals surface area contributed by atoms with E-state index in [9.17, 15) is 0 Å². The van der Waals surface area contributed by atoms with Gasteiger partial charge in [0.2, 0.25) is 0 Å². The summed E-state index contributed by atoms with van der Waals surface area (Å²) in [5.74, 6) is 2.25. The first-order valence-electron chi connectivity index (χ1n) is 6.56. The second kappa shape index (κ2) is 4.94. The van der Waals surface area contributed by atoms with Gasteiger partial charge in [-0.2, -0.15) is 0 Å².